The van der Waals surface area contributed by atoms with Crippen LogP contribution in [0.5, 0.6) is 0 Å². The lowest BCUT2D eigenvalue weighted by Gasteiger charge is -1.97. The molecule has 0 radical (unpaired) electrons. The number of benzene rings is 1. The fourth-order valence-corrected chi connectivity index (χ4v) is 1.15. The van der Waals surface area contributed by atoms with Crippen molar-refractivity contribution in [3.63, 3.8) is 0 Å². The average Bonchev–Trinajstić information content (AvgIpc) is 2.23. The maximum atomic E-state index is 13.0. The van der Waals surface area contributed by atoms with Crippen LogP contribution in [0.4, 0.5) is 8.78 Å². The van der Waals surface area contributed by atoms with Crippen LogP contribution in [0.1, 0.15) is 12.5 Å². The molecule has 0 saturated heterocycles. The third-order valence-corrected chi connectivity index (χ3v) is 2.33. The minimum absolute atomic E-state index is 0.0752. The van der Waals surface area contributed by atoms with Crippen molar-refractivity contribution in [2.75, 3.05) is 6.61 Å². The number of hydrogen-bond acceptors (Lipinski definition) is 2. The van der Waals surface area contributed by atoms with Gasteiger partial charge in [-0.2, -0.15) is 0 Å². The van der Waals surface area contributed by atoms with Gasteiger partial charge in [-0.15, -0.1) is 0 Å². The Morgan fingerprint density at radius 1 is 1.44 bits per heavy atom. The Bertz CT molecular complexity index is 452. The summed E-state index contributed by atoms with van der Waals surface area (Å²) in [6, 6.07) is 2.05. The number of esters is 1. The van der Waals surface area contributed by atoms with Gasteiger partial charge in [0.1, 0.15) is 11.6 Å². The van der Waals surface area contributed by atoms with E-state index in [9.17, 15) is 13.6 Å². The molecule has 0 aliphatic rings. The number of halogens is 3. The van der Waals surface area contributed by atoms with Gasteiger partial charge < -0.3 is 4.74 Å². The zero-order chi connectivity index (χ0) is 12.1. The highest BCUT2D eigenvalue weighted by atomic mass is 79.9. The predicted octanol–water partition coefficient (Wildman–Crippen LogP) is 2.64. The van der Waals surface area contributed by atoms with E-state index in [0.717, 1.165) is 12.1 Å². The molecule has 0 saturated carbocycles. The molecule has 1 aromatic rings. The van der Waals surface area contributed by atoms with Crippen molar-refractivity contribution >= 4 is 21.9 Å². The van der Waals surface area contributed by atoms with Crippen LogP contribution in [-0.4, -0.2) is 12.6 Å². The predicted molar refractivity (Wildman–Crippen MR) is 57.6 cm³/mol. The molecular formula is C11H7BrF2O2. The van der Waals surface area contributed by atoms with E-state index < -0.39 is 17.6 Å². The van der Waals surface area contributed by atoms with Gasteiger partial charge in [0.2, 0.25) is 0 Å². The van der Waals surface area contributed by atoms with Crippen LogP contribution < -0.4 is 0 Å². The van der Waals surface area contributed by atoms with Gasteiger partial charge in [0.15, 0.2) is 0 Å². The van der Waals surface area contributed by atoms with Crippen LogP contribution in [-0.2, 0) is 9.53 Å². The van der Waals surface area contributed by atoms with Gasteiger partial charge in [0.05, 0.1) is 11.1 Å². The third kappa shape index (κ3) is 3.31. The van der Waals surface area contributed by atoms with Crippen LogP contribution in [0.3, 0.4) is 0 Å². The van der Waals surface area contributed by atoms with Gasteiger partial charge in [0, 0.05) is 11.5 Å². The lowest BCUT2D eigenvalue weighted by Crippen LogP contribution is -1.99. The van der Waals surface area contributed by atoms with Crippen LogP contribution in [0, 0.1) is 23.5 Å². The summed E-state index contributed by atoms with van der Waals surface area (Å²) in [6.07, 6.45) is 0. The Hall–Kier alpha value is -1.41. The van der Waals surface area contributed by atoms with Crippen LogP contribution in [0.15, 0.2) is 16.6 Å². The molecule has 0 atom stereocenters. The number of carbonyl (C=O) groups excluding carboxylic acids is 1. The zero-order valence-corrected chi connectivity index (χ0v) is 9.90. The lowest BCUT2D eigenvalue weighted by molar-refractivity contribution is -0.136. The fraction of sp³-hybridized carbons (Fsp3) is 0.182. The van der Waals surface area contributed by atoms with Crippen molar-refractivity contribution < 1.29 is 18.3 Å². The summed E-state index contributed by atoms with van der Waals surface area (Å²) in [4.78, 5) is 10.9. The molecule has 5 heteroatoms. The first kappa shape index (κ1) is 12.7. The van der Waals surface area contributed by atoms with Crippen molar-refractivity contribution in [3.8, 4) is 11.8 Å². The van der Waals surface area contributed by atoms with E-state index in [4.69, 9.17) is 0 Å². The third-order valence-electron chi connectivity index (χ3n) is 1.57. The van der Waals surface area contributed by atoms with E-state index in [-0.39, 0.29) is 16.6 Å². The van der Waals surface area contributed by atoms with Crippen LogP contribution in [0.2, 0.25) is 0 Å². The van der Waals surface area contributed by atoms with Gasteiger partial charge in [-0.1, -0.05) is 5.92 Å². The van der Waals surface area contributed by atoms with Gasteiger partial charge in [-0.05, 0) is 35.0 Å². The number of rotatable bonds is 1. The second-order valence-electron chi connectivity index (χ2n) is 2.72. The Labute approximate surface area is 99.7 Å². The summed E-state index contributed by atoms with van der Waals surface area (Å²) in [5.74, 6) is 2.16. The molecule has 0 aliphatic heterocycles. The summed E-state index contributed by atoms with van der Waals surface area (Å²) < 4.78 is 30.4. The molecule has 0 heterocycles. The molecule has 0 amide bonds. The molecule has 0 bridgehead atoms. The number of ether oxygens (including phenoxy) is 1. The fourth-order valence-electron chi connectivity index (χ4n) is 0.918. The highest BCUT2D eigenvalue weighted by Gasteiger charge is 2.06. The lowest BCUT2D eigenvalue weighted by atomic mass is 10.2. The van der Waals surface area contributed by atoms with E-state index in [2.05, 4.69) is 32.5 Å². The van der Waals surface area contributed by atoms with E-state index in [1.165, 1.54) is 0 Å². The summed E-state index contributed by atoms with van der Waals surface area (Å²) >= 11 is 2.73. The van der Waals surface area contributed by atoms with E-state index in [0.29, 0.717) is 0 Å². The summed E-state index contributed by atoms with van der Waals surface area (Å²) in [6.45, 7) is 1.84. The molecule has 84 valence electrons. The summed E-state index contributed by atoms with van der Waals surface area (Å²) in [7, 11) is 0. The monoisotopic (exact) mass is 288 g/mol. The molecule has 0 N–H and O–H groups in total. The van der Waals surface area contributed by atoms with Crippen LogP contribution in [0.25, 0.3) is 0 Å². The molecule has 0 fully saturated rings. The van der Waals surface area contributed by atoms with Gasteiger partial charge >= 0.3 is 5.97 Å². The Morgan fingerprint density at radius 2 is 2.00 bits per heavy atom. The highest BCUT2D eigenvalue weighted by Crippen LogP contribution is 2.20. The van der Waals surface area contributed by atoms with Gasteiger partial charge in [-0.3, -0.25) is 0 Å². The van der Waals surface area contributed by atoms with Crippen molar-refractivity contribution in [2.24, 2.45) is 0 Å². The first-order chi connectivity index (χ1) is 7.54. The number of carbonyl (C=O) groups is 1. The smallest absolute Gasteiger partial charge is 0.384 e. The first-order valence-electron chi connectivity index (χ1n) is 4.38. The SMILES string of the molecule is CCOC(=O)C#Cc1cc(F)c(Br)c(F)c1. The maximum absolute atomic E-state index is 13.0. The minimum atomic E-state index is -0.770. The summed E-state index contributed by atoms with van der Waals surface area (Å²) in [5, 5.41) is 0. The molecule has 0 aromatic heterocycles. The minimum Gasteiger partial charge on any atom is -0.456 e. The Balaban J connectivity index is 2.94. The van der Waals surface area contributed by atoms with Crippen molar-refractivity contribution in [2.45, 2.75) is 6.92 Å². The molecule has 2 nitrogen and oxygen atoms in total. The summed E-state index contributed by atoms with van der Waals surface area (Å²) in [5.41, 5.74) is 0.0752. The van der Waals surface area contributed by atoms with Gasteiger partial charge in [0.25, 0.3) is 0 Å². The molecular weight excluding hydrogens is 282 g/mol. The average molecular weight is 289 g/mol. The molecule has 1 aromatic carbocycles. The van der Waals surface area contributed by atoms with Crippen molar-refractivity contribution in [1.29, 1.82) is 0 Å². The second kappa shape index (κ2) is 5.61. The standard InChI is InChI=1S/C11H7BrF2O2/c1-2-16-10(15)4-3-7-5-8(13)11(12)9(14)6-7/h5-6H,2H2,1H3. The van der Waals surface area contributed by atoms with Crippen LogP contribution >= 0.6 is 15.9 Å². The highest BCUT2D eigenvalue weighted by molar-refractivity contribution is 9.10. The largest absolute Gasteiger partial charge is 0.456 e. The normalized spacial score (nSPS) is 9.25. The Morgan fingerprint density at radius 3 is 2.50 bits per heavy atom. The zero-order valence-electron chi connectivity index (χ0n) is 8.31. The van der Waals surface area contributed by atoms with Crippen molar-refractivity contribution in [3.05, 3.63) is 33.8 Å². The molecule has 0 unspecified atom stereocenters. The molecule has 1 rings (SSSR count). The Kier molecular flexibility index (Phi) is 4.44. The van der Waals surface area contributed by atoms with E-state index >= 15 is 0 Å². The van der Waals surface area contributed by atoms with E-state index in [1.807, 2.05) is 0 Å². The van der Waals surface area contributed by atoms with Gasteiger partial charge in [-0.25, -0.2) is 13.6 Å². The molecule has 16 heavy (non-hydrogen) atoms. The van der Waals surface area contributed by atoms with E-state index in [1.54, 1.807) is 6.92 Å². The quantitative estimate of drug-likeness (QED) is 0.451. The van der Waals surface area contributed by atoms with Crippen molar-refractivity contribution in [1.82, 2.24) is 0 Å². The number of hydrogen-bond donors (Lipinski definition) is 0. The topological polar surface area (TPSA) is 26.3 Å². The first-order valence-corrected chi connectivity index (χ1v) is 5.17. The maximum Gasteiger partial charge on any atom is 0.384 e. The second-order valence-corrected chi connectivity index (χ2v) is 3.52. The molecule has 0 aliphatic carbocycles. The molecule has 0 spiro atoms.